The molecule has 2 N–H and O–H groups in total. The van der Waals surface area contributed by atoms with Crippen molar-refractivity contribution in [3.05, 3.63) is 17.8 Å². The molecule has 1 aromatic rings. The van der Waals surface area contributed by atoms with E-state index >= 15 is 0 Å². The highest BCUT2D eigenvalue weighted by Gasteiger charge is 2.10. The van der Waals surface area contributed by atoms with Gasteiger partial charge in [0.15, 0.2) is 11.6 Å². The van der Waals surface area contributed by atoms with Gasteiger partial charge in [0.25, 0.3) is 0 Å². The molecule has 0 saturated carbocycles. The number of esters is 1. The van der Waals surface area contributed by atoms with Gasteiger partial charge in [-0.25, -0.2) is 19.2 Å². The summed E-state index contributed by atoms with van der Waals surface area (Å²) in [5, 5.41) is 0. The van der Waals surface area contributed by atoms with Gasteiger partial charge < -0.3 is 10.5 Å². The summed E-state index contributed by atoms with van der Waals surface area (Å²) in [6.45, 7) is 0. The Morgan fingerprint density at radius 2 is 2.42 bits per heavy atom. The zero-order valence-corrected chi connectivity index (χ0v) is 6.24. The molecule has 6 heteroatoms. The summed E-state index contributed by atoms with van der Waals surface area (Å²) >= 11 is 0. The van der Waals surface area contributed by atoms with Crippen LogP contribution >= 0.6 is 0 Å². The molecule has 12 heavy (non-hydrogen) atoms. The van der Waals surface area contributed by atoms with Crippen LogP contribution in [-0.4, -0.2) is 23.0 Å². The molecule has 1 aromatic heterocycles. The van der Waals surface area contributed by atoms with Crippen LogP contribution in [0.4, 0.5) is 10.2 Å². The summed E-state index contributed by atoms with van der Waals surface area (Å²) in [5.74, 6) is -2.13. The predicted molar refractivity (Wildman–Crippen MR) is 37.7 cm³/mol. The smallest absolute Gasteiger partial charge is 0.376 e. The Kier molecular flexibility index (Phi) is 2.18. The minimum atomic E-state index is -0.761. The van der Waals surface area contributed by atoms with Gasteiger partial charge in [-0.15, -0.1) is 0 Å². The lowest BCUT2D eigenvalue weighted by Gasteiger charge is -1.98. The Bertz CT molecular complexity index is 316. The van der Waals surface area contributed by atoms with E-state index in [0.29, 0.717) is 0 Å². The van der Waals surface area contributed by atoms with Crippen LogP contribution in [-0.2, 0) is 4.74 Å². The Hall–Kier alpha value is -1.72. The van der Waals surface area contributed by atoms with E-state index in [0.717, 1.165) is 6.20 Å². The number of halogens is 1. The van der Waals surface area contributed by atoms with E-state index < -0.39 is 11.8 Å². The fraction of sp³-hybridized carbons (Fsp3) is 0.167. The number of carbonyl (C=O) groups excluding carboxylic acids is 1. The maximum atomic E-state index is 12.5. The van der Waals surface area contributed by atoms with Gasteiger partial charge in [-0.05, 0) is 0 Å². The number of hydrogen-bond donors (Lipinski definition) is 1. The fourth-order valence-electron chi connectivity index (χ4n) is 0.570. The van der Waals surface area contributed by atoms with Crippen LogP contribution < -0.4 is 5.73 Å². The zero-order chi connectivity index (χ0) is 9.14. The molecule has 0 unspecified atom stereocenters. The molecular formula is C6H6FN3O2. The van der Waals surface area contributed by atoms with Gasteiger partial charge in [0.1, 0.15) is 0 Å². The highest BCUT2D eigenvalue weighted by atomic mass is 19.1. The number of methoxy groups -OCH3 is 1. The largest absolute Gasteiger partial charge is 0.463 e. The number of aromatic nitrogens is 2. The van der Waals surface area contributed by atoms with Gasteiger partial charge in [-0.1, -0.05) is 0 Å². The molecule has 1 heterocycles. The number of nitrogen functional groups attached to an aromatic ring is 1. The zero-order valence-electron chi connectivity index (χ0n) is 6.24. The van der Waals surface area contributed by atoms with E-state index in [1.165, 1.54) is 7.11 Å². The molecular weight excluding hydrogens is 165 g/mol. The molecule has 0 amide bonds. The third-order valence-corrected chi connectivity index (χ3v) is 1.14. The topological polar surface area (TPSA) is 78.1 Å². The van der Waals surface area contributed by atoms with Gasteiger partial charge in [-0.2, -0.15) is 0 Å². The monoisotopic (exact) mass is 171 g/mol. The summed E-state index contributed by atoms with van der Waals surface area (Å²) in [5.41, 5.74) is 5.08. The van der Waals surface area contributed by atoms with Crippen LogP contribution in [0.25, 0.3) is 0 Å². The summed E-state index contributed by atoms with van der Waals surface area (Å²) < 4.78 is 16.8. The SMILES string of the molecule is COC(=O)c1ncc(F)c(N)n1. The molecule has 1 rings (SSSR count). The van der Waals surface area contributed by atoms with E-state index in [1.54, 1.807) is 0 Å². The maximum absolute atomic E-state index is 12.5. The Balaban J connectivity index is 3.05. The van der Waals surface area contributed by atoms with Crippen molar-refractivity contribution >= 4 is 11.8 Å². The molecule has 0 radical (unpaired) electrons. The van der Waals surface area contributed by atoms with Crippen molar-refractivity contribution in [1.29, 1.82) is 0 Å². The minimum Gasteiger partial charge on any atom is -0.463 e. The lowest BCUT2D eigenvalue weighted by atomic mass is 10.5. The van der Waals surface area contributed by atoms with Gasteiger partial charge in [0.05, 0.1) is 13.3 Å². The van der Waals surface area contributed by atoms with E-state index in [1.807, 2.05) is 0 Å². The number of nitrogens with two attached hydrogens (primary N) is 1. The van der Waals surface area contributed by atoms with Crippen molar-refractivity contribution in [1.82, 2.24) is 9.97 Å². The summed E-state index contributed by atoms with van der Waals surface area (Å²) in [7, 11) is 1.17. The van der Waals surface area contributed by atoms with E-state index in [4.69, 9.17) is 5.73 Å². The van der Waals surface area contributed by atoms with Crippen molar-refractivity contribution in [2.75, 3.05) is 12.8 Å². The second-order valence-electron chi connectivity index (χ2n) is 1.92. The first-order chi connectivity index (χ1) is 5.65. The van der Waals surface area contributed by atoms with Crippen LogP contribution in [0.15, 0.2) is 6.20 Å². The van der Waals surface area contributed by atoms with Crippen molar-refractivity contribution in [3.8, 4) is 0 Å². The standard InChI is InChI=1S/C6H6FN3O2/c1-12-6(11)5-9-2-3(7)4(8)10-5/h2H,1H3,(H2,8,9,10). The third-order valence-electron chi connectivity index (χ3n) is 1.14. The maximum Gasteiger partial charge on any atom is 0.376 e. The van der Waals surface area contributed by atoms with Gasteiger partial charge in [0.2, 0.25) is 5.82 Å². The Labute approximate surface area is 67.4 Å². The van der Waals surface area contributed by atoms with Gasteiger partial charge >= 0.3 is 5.97 Å². The van der Waals surface area contributed by atoms with Gasteiger partial charge in [0, 0.05) is 0 Å². The molecule has 0 spiro atoms. The van der Waals surface area contributed by atoms with Crippen molar-refractivity contribution in [2.45, 2.75) is 0 Å². The van der Waals surface area contributed by atoms with E-state index in [2.05, 4.69) is 14.7 Å². The summed E-state index contributed by atoms with van der Waals surface area (Å²) in [6.07, 6.45) is 0.814. The first kappa shape index (κ1) is 8.38. The molecule has 0 aromatic carbocycles. The van der Waals surface area contributed by atoms with Crippen LogP contribution in [0.1, 0.15) is 10.6 Å². The number of carbonyl (C=O) groups is 1. The number of ether oxygens (including phenoxy) is 1. The van der Waals surface area contributed by atoms with Crippen LogP contribution in [0.5, 0.6) is 0 Å². The average Bonchev–Trinajstić information content (AvgIpc) is 2.08. The molecule has 0 aliphatic heterocycles. The predicted octanol–water partition coefficient (Wildman–Crippen LogP) is -0.0155. The third kappa shape index (κ3) is 1.47. The Morgan fingerprint density at radius 1 is 1.75 bits per heavy atom. The van der Waals surface area contributed by atoms with E-state index in [-0.39, 0.29) is 11.6 Å². The molecule has 0 fully saturated rings. The van der Waals surface area contributed by atoms with Crippen LogP contribution in [0.3, 0.4) is 0 Å². The summed E-state index contributed by atoms with van der Waals surface area (Å²) in [4.78, 5) is 17.5. The molecule has 0 atom stereocenters. The van der Waals surface area contributed by atoms with Crippen molar-refractivity contribution < 1.29 is 13.9 Å². The lowest BCUT2D eigenvalue weighted by molar-refractivity contribution is 0.0586. The number of rotatable bonds is 1. The number of nitrogens with zero attached hydrogens (tertiary/aromatic N) is 2. The number of hydrogen-bond acceptors (Lipinski definition) is 5. The second kappa shape index (κ2) is 3.12. The molecule has 64 valence electrons. The average molecular weight is 171 g/mol. The highest BCUT2D eigenvalue weighted by molar-refractivity contribution is 5.85. The normalized spacial score (nSPS) is 9.50. The van der Waals surface area contributed by atoms with Gasteiger partial charge in [-0.3, -0.25) is 0 Å². The molecule has 0 bridgehead atoms. The lowest BCUT2D eigenvalue weighted by Crippen LogP contribution is -2.09. The number of anilines is 1. The van der Waals surface area contributed by atoms with Crippen molar-refractivity contribution in [2.24, 2.45) is 0 Å². The Morgan fingerprint density at radius 3 is 2.92 bits per heavy atom. The molecule has 0 aliphatic rings. The first-order valence-corrected chi connectivity index (χ1v) is 3.01. The van der Waals surface area contributed by atoms with Crippen LogP contribution in [0, 0.1) is 5.82 Å². The van der Waals surface area contributed by atoms with E-state index in [9.17, 15) is 9.18 Å². The molecule has 0 saturated heterocycles. The molecule has 5 nitrogen and oxygen atoms in total. The quantitative estimate of drug-likeness (QED) is 0.601. The highest BCUT2D eigenvalue weighted by Crippen LogP contribution is 2.04. The first-order valence-electron chi connectivity index (χ1n) is 3.01. The van der Waals surface area contributed by atoms with Crippen molar-refractivity contribution in [3.63, 3.8) is 0 Å². The van der Waals surface area contributed by atoms with Crippen LogP contribution in [0.2, 0.25) is 0 Å². The second-order valence-corrected chi connectivity index (χ2v) is 1.92. The summed E-state index contributed by atoms with van der Waals surface area (Å²) in [6, 6.07) is 0. The molecule has 0 aliphatic carbocycles. The minimum absolute atomic E-state index is 0.253. The fourth-order valence-corrected chi connectivity index (χ4v) is 0.570.